The van der Waals surface area contributed by atoms with Crippen LogP contribution in [0.1, 0.15) is 39.7 Å². The van der Waals surface area contributed by atoms with Crippen molar-refractivity contribution < 1.29 is 22.7 Å². The van der Waals surface area contributed by atoms with Gasteiger partial charge in [0.1, 0.15) is 18.3 Å². The summed E-state index contributed by atoms with van der Waals surface area (Å²) in [5.74, 6) is 0.130. The number of carbonyl (C=O) groups is 2. The lowest BCUT2D eigenvalue weighted by Gasteiger charge is -2.33. The van der Waals surface area contributed by atoms with E-state index < -0.39 is 28.5 Å². The van der Waals surface area contributed by atoms with Gasteiger partial charge < -0.3 is 15.0 Å². The Bertz CT molecular complexity index is 1410. The van der Waals surface area contributed by atoms with Crippen LogP contribution in [0.15, 0.2) is 88.7 Å². The normalized spacial score (nSPS) is 12.0. The third-order valence-electron chi connectivity index (χ3n) is 6.92. The third kappa shape index (κ3) is 9.49. The molecule has 0 saturated carbocycles. The van der Waals surface area contributed by atoms with Crippen molar-refractivity contribution in [3.63, 3.8) is 0 Å². The fraction of sp³-hybridized carbons (Fsp3) is 0.394. The summed E-state index contributed by atoms with van der Waals surface area (Å²) in [6, 6.07) is 22.2. The molecule has 10 heteroatoms. The molecule has 2 amide bonds. The van der Waals surface area contributed by atoms with Crippen molar-refractivity contribution in [2.75, 3.05) is 36.8 Å². The second-order valence-corrected chi connectivity index (χ2v) is 13.2. The number of anilines is 1. The van der Waals surface area contributed by atoms with Crippen LogP contribution in [0.4, 0.5) is 5.69 Å². The van der Waals surface area contributed by atoms with E-state index in [4.69, 9.17) is 4.74 Å². The third-order valence-corrected chi connectivity index (χ3v) is 9.45. The van der Waals surface area contributed by atoms with Crippen LogP contribution in [0.2, 0.25) is 0 Å². The molecule has 0 aliphatic carbocycles. The van der Waals surface area contributed by atoms with Crippen LogP contribution in [-0.2, 0) is 26.0 Å². The van der Waals surface area contributed by atoms with Gasteiger partial charge in [-0.3, -0.25) is 13.9 Å². The number of ether oxygens (including phenoxy) is 1. The molecule has 8 nitrogen and oxygen atoms in total. The molecule has 0 unspecified atom stereocenters. The fourth-order valence-electron chi connectivity index (χ4n) is 4.60. The lowest BCUT2D eigenvalue weighted by atomic mass is 10.1. The van der Waals surface area contributed by atoms with Gasteiger partial charge in [0.15, 0.2) is 0 Å². The first-order valence-corrected chi connectivity index (χ1v) is 17.3. The van der Waals surface area contributed by atoms with Gasteiger partial charge in [-0.05, 0) is 86.0 Å². The van der Waals surface area contributed by atoms with Crippen molar-refractivity contribution in [3.05, 3.63) is 84.4 Å². The molecular formula is C33H43N3O5S2. The van der Waals surface area contributed by atoms with Crippen molar-refractivity contribution >= 4 is 39.3 Å². The number of sulfonamides is 1. The standard InChI is InChI=1S/C33H43N3O5S2/c1-6-31(33(38)34-23-25(3)4)35(22-21-26-11-9-8-10-12-26)32(37)24-36(27-13-15-28(16-14-27)41-7-2)43(39,40)30-19-17-29(42-5)18-20-30/h8-20,25,31H,6-7,21-24H2,1-5H3,(H,34,38)/t31-/m0/s1. The molecule has 0 bridgehead atoms. The van der Waals surface area contributed by atoms with Crippen molar-refractivity contribution in [1.82, 2.24) is 10.2 Å². The highest BCUT2D eigenvalue weighted by Crippen LogP contribution is 2.28. The Morgan fingerprint density at radius 3 is 2.14 bits per heavy atom. The SMILES string of the molecule is CCOc1ccc(N(CC(=O)N(CCc2ccccc2)[C@@H](CC)C(=O)NCC(C)C)S(=O)(=O)c2ccc(SC)cc2)cc1. The molecule has 0 saturated heterocycles. The molecule has 3 aromatic rings. The zero-order valence-electron chi connectivity index (χ0n) is 25.7. The predicted molar refractivity (Wildman–Crippen MR) is 174 cm³/mol. The quantitative estimate of drug-likeness (QED) is 0.208. The average Bonchev–Trinajstić information content (AvgIpc) is 3.01. The van der Waals surface area contributed by atoms with E-state index in [0.717, 1.165) is 14.8 Å². The molecule has 1 atom stereocenters. The first kappa shape index (κ1) is 34.0. The molecule has 0 radical (unpaired) electrons. The number of rotatable bonds is 16. The molecule has 0 aliphatic heterocycles. The Labute approximate surface area is 260 Å². The summed E-state index contributed by atoms with van der Waals surface area (Å²) in [5.41, 5.74) is 1.34. The Morgan fingerprint density at radius 2 is 1.58 bits per heavy atom. The number of hydrogen-bond acceptors (Lipinski definition) is 6. The maximum atomic E-state index is 14.2. The lowest BCUT2D eigenvalue weighted by Crippen LogP contribution is -2.53. The van der Waals surface area contributed by atoms with Gasteiger partial charge in [0.05, 0.1) is 17.2 Å². The Morgan fingerprint density at radius 1 is 0.930 bits per heavy atom. The summed E-state index contributed by atoms with van der Waals surface area (Å²) in [6.07, 6.45) is 2.82. The van der Waals surface area contributed by atoms with E-state index in [0.29, 0.717) is 37.4 Å². The van der Waals surface area contributed by atoms with Crippen LogP contribution >= 0.6 is 11.8 Å². The van der Waals surface area contributed by atoms with E-state index in [9.17, 15) is 18.0 Å². The van der Waals surface area contributed by atoms with Gasteiger partial charge in [-0.1, -0.05) is 51.1 Å². The number of nitrogens with one attached hydrogen (secondary N) is 1. The van der Waals surface area contributed by atoms with E-state index in [1.54, 1.807) is 48.5 Å². The summed E-state index contributed by atoms with van der Waals surface area (Å²) in [4.78, 5) is 30.0. The van der Waals surface area contributed by atoms with Crippen LogP contribution in [0, 0.1) is 5.92 Å². The Hall–Kier alpha value is -3.50. The predicted octanol–water partition coefficient (Wildman–Crippen LogP) is 5.62. The molecule has 1 N–H and O–H groups in total. The summed E-state index contributed by atoms with van der Waals surface area (Å²) >= 11 is 1.51. The summed E-state index contributed by atoms with van der Waals surface area (Å²) in [7, 11) is -4.14. The topological polar surface area (TPSA) is 96.0 Å². The van der Waals surface area contributed by atoms with E-state index in [1.165, 1.54) is 16.7 Å². The van der Waals surface area contributed by atoms with Crippen LogP contribution in [-0.4, -0.2) is 63.7 Å². The minimum absolute atomic E-state index is 0.0736. The molecule has 0 aliphatic rings. The molecule has 43 heavy (non-hydrogen) atoms. The summed E-state index contributed by atoms with van der Waals surface area (Å²) in [6.45, 7) is 8.48. The van der Waals surface area contributed by atoms with Gasteiger partial charge in [0, 0.05) is 18.0 Å². The monoisotopic (exact) mass is 625 g/mol. The van der Waals surface area contributed by atoms with Crippen LogP contribution in [0.3, 0.4) is 0 Å². The maximum Gasteiger partial charge on any atom is 0.264 e. The highest BCUT2D eigenvalue weighted by atomic mass is 32.2. The van der Waals surface area contributed by atoms with Crippen molar-refractivity contribution in [2.24, 2.45) is 5.92 Å². The van der Waals surface area contributed by atoms with Crippen molar-refractivity contribution in [2.45, 2.75) is 56.4 Å². The van der Waals surface area contributed by atoms with Gasteiger partial charge in [0.2, 0.25) is 11.8 Å². The van der Waals surface area contributed by atoms with Gasteiger partial charge in [-0.25, -0.2) is 8.42 Å². The van der Waals surface area contributed by atoms with Gasteiger partial charge >= 0.3 is 0 Å². The van der Waals surface area contributed by atoms with E-state index in [2.05, 4.69) is 5.32 Å². The van der Waals surface area contributed by atoms with Crippen molar-refractivity contribution in [1.29, 1.82) is 0 Å². The van der Waals surface area contributed by atoms with E-state index >= 15 is 0 Å². The molecule has 3 aromatic carbocycles. The van der Waals surface area contributed by atoms with E-state index in [-0.39, 0.29) is 23.3 Å². The van der Waals surface area contributed by atoms with Crippen LogP contribution < -0.4 is 14.4 Å². The minimum Gasteiger partial charge on any atom is -0.494 e. The number of benzene rings is 3. The zero-order valence-corrected chi connectivity index (χ0v) is 27.3. The fourth-order valence-corrected chi connectivity index (χ4v) is 6.42. The zero-order chi connectivity index (χ0) is 31.4. The first-order valence-electron chi connectivity index (χ1n) is 14.6. The molecule has 3 rings (SSSR count). The van der Waals surface area contributed by atoms with Crippen molar-refractivity contribution in [3.8, 4) is 5.75 Å². The number of carbonyl (C=O) groups excluding carboxylic acids is 2. The summed E-state index contributed by atoms with van der Waals surface area (Å²) < 4.78 is 34.8. The van der Waals surface area contributed by atoms with Gasteiger partial charge in [0.25, 0.3) is 10.0 Å². The molecular weight excluding hydrogens is 583 g/mol. The second kappa shape index (κ2) is 16.4. The van der Waals surface area contributed by atoms with Crippen LogP contribution in [0.5, 0.6) is 5.75 Å². The summed E-state index contributed by atoms with van der Waals surface area (Å²) in [5, 5.41) is 2.96. The molecule has 0 heterocycles. The van der Waals surface area contributed by atoms with Crippen LogP contribution in [0.25, 0.3) is 0 Å². The second-order valence-electron chi connectivity index (χ2n) is 10.5. The molecule has 0 fully saturated rings. The number of hydrogen-bond donors (Lipinski definition) is 1. The number of thioether (sulfide) groups is 1. The molecule has 232 valence electrons. The Balaban J connectivity index is 2.01. The molecule has 0 spiro atoms. The molecule has 0 aromatic heterocycles. The Kier molecular flexibility index (Phi) is 12.9. The van der Waals surface area contributed by atoms with Gasteiger partial charge in [-0.2, -0.15) is 0 Å². The highest BCUT2D eigenvalue weighted by molar-refractivity contribution is 7.98. The highest BCUT2D eigenvalue weighted by Gasteiger charge is 2.33. The van der Waals surface area contributed by atoms with E-state index in [1.807, 2.05) is 64.3 Å². The first-order chi connectivity index (χ1) is 20.6. The maximum absolute atomic E-state index is 14.2. The smallest absolute Gasteiger partial charge is 0.264 e. The average molecular weight is 626 g/mol. The number of amides is 2. The lowest BCUT2D eigenvalue weighted by molar-refractivity contribution is -0.139. The number of nitrogens with zero attached hydrogens (tertiary/aromatic N) is 2. The minimum atomic E-state index is -4.14. The van der Waals surface area contributed by atoms with Gasteiger partial charge in [-0.15, -0.1) is 11.8 Å². The largest absolute Gasteiger partial charge is 0.494 e.